The van der Waals surface area contributed by atoms with E-state index in [1.165, 1.54) is 13.2 Å². The first kappa shape index (κ1) is 17.6. The van der Waals surface area contributed by atoms with Crippen LogP contribution >= 0.6 is 32.9 Å². The van der Waals surface area contributed by atoms with Crippen LogP contribution in [0.15, 0.2) is 17.0 Å². The monoisotopic (exact) mass is 369 g/mol. The zero-order valence-corrected chi connectivity index (χ0v) is 16.6. The molecule has 2 aromatic rings. The summed E-state index contributed by atoms with van der Waals surface area (Å²) in [5.41, 5.74) is 3.01. The van der Waals surface area contributed by atoms with E-state index < -0.39 is 10.1 Å². The first-order valence-corrected chi connectivity index (χ1v) is 9.72. The van der Waals surface area contributed by atoms with Crippen LogP contribution in [0.1, 0.15) is 11.1 Å². The SMILES string of the molecule is COc1cc2c(cc1S(=O)(=O)O)CCc1c-2ssc1=S.[Na]. The minimum absolute atomic E-state index is 0. The van der Waals surface area contributed by atoms with Crippen molar-refractivity contribution in [3.63, 3.8) is 0 Å². The molecule has 1 N–H and O–H groups in total. The van der Waals surface area contributed by atoms with Crippen molar-refractivity contribution in [2.75, 3.05) is 7.11 Å². The Bertz CT molecular complexity index is 851. The average molecular weight is 369 g/mol. The second-order valence-electron chi connectivity index (χ2n) is 4.40. The van der Waals surface area contributed by atoms with Gasteiger partial charge in [-0.3, -0.25) is 4.55 Å². The number of rotatable bonds is 2. The summed E-state index contributed by atoms with van der Waals surface area (Å²) in [7, 11) is 0.246. The molecule has 1 aromatic heterocycles. The summed E-state index contributed by atoms with van der Waals surface area (Å²) in [6, 6.07) is 3.17. The Labute approximate surface area is 157 Å². The van der Waals surface area contributed by atoms with Gasteiger partial charge in [-0.2, -0.15) is 8.42 Å². The van der Waals surface area contributed by atoms with Crippen LogP contribution < -0.4 is 4.74 Å². The maximum absolute atomic E-state index is 11.4. The third kappa shape index (κ3) is 3.13. The van der Waals surface area contributed by atoms with Crippen molar-refractivity contribution in [3.05, 3.63) is 27.1 Å². The van der Waals surface area contributed by atoms with E-state index >= 15 is 0 Å². The molecule has 1 aromatic carbocycles. The number of fused-ring (bicyclic) bond motifs is 3. The molecule has 1 aliphatic rings. The second kappa shape index (κ2) is 6.37. The minimum Gasteiger partial charge on any atom is -0.495 e. The van der Waals surface area contributed by atoms with Crippen LogP contribution in [0.5, 0.6) is 5.75 Å². The standard InChI is InChI=1S/C12H10O4S4.Na/c1-16-9-5-8-6(4-10(9)20(13,14)15)2-3-7-11(8)18-19-12(7)17;/h4-5H,2-3H2,1H3,(H,13,14,15);. The summed E-state index contributed by atoms with van der Waals surface area (Å²) in [5.74, 6) is 0.156. The van der Waals surface area contributed by atoms with E-state index in [4.69, 9.17) is 17.0 Å². The predicted molar refractivity (Wildman–Crippen MR) is 88.0 cm³/mol. The molecule has 0 spiro atoms. The fourth-order valence-electron chi connectivity index (χ4n) is 2.34. The van der Waals surface area contributed by atoms with Gasteiger partial charge in [-0.15, -0.1) is 0 Å². The van der Waals surface area contributed by atoms with Gasteiger partial charge in [0.1, 0.15) is 14.5 Å². The Balaban J connectivity index is 0.00000161. The van der Waals surface area contributed by atoms with Crippen molar-refractivity contribution in [2.45, 2.75) is 17.7 Å². The molecule has 4 nitrogen and oxygen atoms in total. The number of methoxy groups -OCH3 is 1. The summed E-state index contributed by atoms with van der Waals surface area (Å²) in [4.78, 5) is 0.905. The van der Waals surface area contributed by atoms with Gasteiger partial charge >= 0.3 is 0 Å². The number of ether oxygens (including phenoxy) is 1. The molecular formula is C12H10NaO4S4. The van der Waals surface area contributed by atoms with E-state index in [0.29, 0.717) is 6.42 Å². The molecule has 1 radical (unpaired) electrons. The zero-order valence-electron chi connectivity index (χ0n) is 11.4. The van der Waals surface area contributed by atoms with Crippen LogP contribution in [0.2, 0.25) is 0 Å². The quantitative estimate of drug-likeness (QED) is 0.381. The largest absolute Gasteiger partial charge is 0.495 e. The fourth-order valence-corrected chi connectivity index (χ4v) is 6.06. The summed E-state index contributed by atoms with van der Waals surface area (Å²) < 4.78 is 38.1. The van der Waals surface area contributed by atoms with Crippen molar-refractivity contribution >= 4 is 72.6 Å². The van der Waals surface area contributed by atoms with Gasteiger partial charge < -0.3 is 4.74 Å². The summed E-state index contributed by atoms with van der Waals surface area (Å²) in [6.45, 7) is 0. The van der Waals surface area contributed by atoms with Gasteiger partial charge in [0.2, 0.25) is 0 Å². The number of aryl methyl sites for hydroxylation is 1. The van der Waals surface area contributed by atoms with Crippen LogP contribution in [-0.2, 0) is 23.0 Å². The Hall–Kier alpha value is 0.200. The van der Waals surface area contributed by atoms with Crippen molar-refractivity contribution in [1.82, 2.24) is 0 Å². The van der Waals surface area contributed by atoms with Crippen LogP contribution in [0.4, 0.5) is 0 Å². The van der Waals surface area contributed by atoms with Crippen LogP contribution in [0.25, 0.3) is 10.4 Å². The zero-order chi connectivity index (χ0) is 14.5. The van der Waals surface area contributed by atoms with E-state index in [1.54, 1.807) is 26.7 Å². The van der Waals surface area contributed by atoms with E-state index in [1.807, 2.05) is 0 Å². The topological polar surface area (TPSA) is 63.6 Å². The smallest absolute Gasteiger partial charge is 0.298 e. The summed E-state index contributed by atoms with van der Waals surface area (Å²) >= 11 is 5.31. The van der Waals surface area contributed by atoms with Gasteiger partial charge in [0.25, 0.3) is 10.1 Å². The number of hydrogen-bond acceptors (Lipinski definition) is 6. The molecule has 9 heteroatoms. The van der Waals surface area contributed by atoms with Gasteiger partial charge in [0.05, 0.1) is 12.0 Å². The van der Waals surface area contributed by atoms with Crippen molar-refractivity contribution in [2.24, 2.45) is 0 Å². The van der Waals surface area contributed by atoms with E-state index in [2.05, 4.69) is 0 Å². The first-order chi connectivity index (χ1) is 9.41. The Morgan fingerprint density at radius 2 is 2.00 bits per heavy atom. The molecule has 0 aliphatic heterocycles. The molecule has 107 valence electrons. The van der Waals surface area contributed by atoms with Crippen LogP contribution in [-0.4, -0.2) is 49.6 Å². The van der Waals surface area contributed by atoms with Gasteiger partial charge in [-0.1, -0.05) is 32.9 Å². The first-order valence-electron chi connectivity index (χ1n) is 5.72. The molecule has 21 heavy (non-hydrogen) atoms. The summed E-state index contributed by atoms with van der Waals surface area (Å²) in [6.07, 6.45) is 1.51. The normalized spacial score (nSPS) is 13.0. The maximum Gasteiger partial charge on any atom is 0.298 e. The van der Waals surface area contributed by atoms with Crippen LogP contribution in [0.3, 0.4) is 0 Å². The third-order valence-electron chi connectivity index (χ3n) is 3.28. The van der Waals surface area contributed by atoms with Gasteiger partial charge in [0, 0.05) is 35.1 Å². The van der Waals surface area contributed by atoms with Gasteiger partial charge in [0.15, 0.2) is 0 Å². The molecule has 0 unspecified atom stereocenters. The van der Waals surface area contributed by atoms with E-state index in [0.717, 1.165) is 31.8 Å². The third-order valence-corrected chi connectivity index (χ3v) is 7.33. The second-order valence-corrected chi connectivity index (χ2v) is 8.60. The molecule has 0 fully saturated rings. The Morgan fingerprint density at radius 1 is 1.29 bits per heavy atom. The van der Waals surface area contributed by atoms with Crippen molar-refractivity contribution in [1.29, 1.82) is 0 Å². The van der Waals surface area contributed by atoms with Gasteiger partial charge in [-0.25, -0.2) is 0 Å². The predicted octanol–water partition coefficient (Wildman–Crippen LogP) is 3.18. The Kier molecular flexibility index (Phi) is 5.32. The number of hydrogen-bond donors (Lipinski definition) is 1. The summed E-state index contributed by atoms with van der Waals surface area (Å²) in [5, 5.41) is 0. The molecule has 1 heterocycles. The van der Waals surface area contributed by atoms with Gasteiger partial charge in [-0.05, 0) is 36.1 Å². The molecular weight excluding hydrogens is 359 g/mol. The van der Waals surface area contributed by atoms with Crippen molar-refractivity contribution < 1.29 is 17.7 Å². The molecule has 0 saturated carbocycles. The average Bonchev–Trinajstić information content (AvgIpc) is 2.78. The fraction of sp³-hybridized carbons (Fsp3) is 0.250. The molecule has 0 amide bonds. The molecule has 0 atom stereocenters. The van der Waals surface area contributed by atoms with Crippen molar-refractivity contribution in [3.8, 4) is 16.2 Å². The molecule has 3 rings (SSSR count). The Morgan fingerprint density at radius 3 is 2.62 bits per heavy atom. The molecule has 1 aliphatic carbocycles. The van der Waals surface area contributed by atoms with E-state index in [9.17, 15) is 13.0 Å². The molecule has 0 bridgehead atoms. The number of benzene rings is 1. The minimum atomic E-state index is -4.29. The van der Waals surface area contributed by atoms with Crippen LogP contribution in [0, 0.1) is 3.82 Å². The molecule has 0 saturated heterocycles. The van der Waals surface area contributed by atoms with E-state index in [-0.39, 0.29) is 40.2 Å². The maximum atomic E-state index is 11.4.